The molecule has 53 heavy (non-hydrogen) atoms. The van der Waals surface area contributed by atoms with E-state index in [0.717, 1.165) is 29.5 Å². The number of benzene rings is 2. The van der Waals surface area contributed by atoms with Crippen LogP contribution in [0.15, 0.2) is 66.7 Å². The van der Waals surface area contributed by atoms with Gasteiger partial charge in [-0.1, -0.05) is 42.5 Å². The maximum atomic E-state index is 14.5. The van der Waals surface area contributed by atoms with Crippen molar-refractivity contribution < 1.29 is 38.1 Å². The molecular weight excluding hydrogens is 697 g/mol. The summed E-state index contributed by atoms with van der Waals surface area (Å²) in [6, 6.07) is 15.2. The van der Waals surface area contributed by atoms with Gasteiger partial charge in [0, 0.05) is 41.2 Å². The van der Waals surface area contributed by atoms with Crippen LogP contribution in [0, 0.1) is 5.92 Å². The zero-order valence-corrected chi connectivity index (χ0v) is 31.7. The topological polar surface area (TPSA) is 145 Å². The lowest BCUT2D eigenvalue weighted by atomic mass is 10.1. The molecule has 1 saturated carbocycles. The van der Waals surface area contributed by atoms with E-state index in [9.17, 15) is 19.2 Å². The van der Waals surface area contributed by atoms with Gasteiger partial charge in [0.25, 0.3) is 0 Å². The molecular formula is C40H48N4O8S. The molecule has 13 heteroatoms. The number of alkyl carbamates (subject to hydrolysis) is 1. The van der Waals surface area contributed by atoms with Crippen LogP contribution in [0.3, 0.4) is 0 Å². The van der Waals surface area contributed by atoms with Crippen molar-refractivity contribution in [3.8, 4) is 22.8 Å². The number of ether oxygens (including phenoxy) is 4. The Kier molecular flexibility index (Phi) is 11.5. The van der Waals surface area contributed by atoms with Gasteiger partial charge in [0.2, 0.25) is 11.8 Å². The molecule has 12 nitrogen and oxygen atoms in total. The van der Waals surface area contributed by atoms with Gasteiger partial charge in [0.15, 0.2) is 0 Å². The summed E-state index contributed by atoms with van der Waals surface area (Å²) in [6.07, 6.45) is 4.82. The molecule has 5 atom stereocenters. The smallest absolute Gasteiger partial charge is 0.408 e. The van der Waals surface area contributed by atoms with Crippen LogP contribution in [-0.2, 0) is 23.9 Å². The van der Waals surface area contributed by atoms with Gasteiger partial charge in [0.05, 0.1) is 31.5 Å². The van der Waals surface area contributed by atoms with E-state index in [1.54, 1.807) is 46.6 Å². The van der Waals surface area contributed by atoms with Crippen LogP contribution >= 0.6 is 11.8 Å². The molecule has 1 aliphatic carbocycles. The average Bonchev–Trinajstić information content (AvgIpc) is 3.66. The second-order valence-electron chi connectivity index (χ2n) is 14.6. The molecule has 0 bridgehead atoms. The van der Waals surface area contributed by atoms with Gasteiger partial charge in [0.1, 0.15) is 40.8 Å². The Morgan fingerprint density at radius 1 is 1.11 bits per heavy atom. The summed E-state index contributed by atoms with van der Waals surface area (Å²) in [5.41, 5.74) is 0.239. The molecule has 3 aliphatic rings. The number of thioether (sulfide) groups is 1. The second kappa shape index (κ2) is 16.1. The number of fused-ring (bicyclic) bond motifs is 3. The summed E-state index contributed by atoms with van der Waals surface area (Å²) in [7, 11) is 1.59. The number of carbonyl (C=O) groups is 4. The van der Waals surface area contributed by atoms with Gasteiger partial charge in [-0.05, 0) is 64.8 Å². The Bertz CT molecular complexity index is 1860. The van der Waals surface area contributed by atoms with E-state index < -0.39 is 53.2 Å². The minimum Gasteiger partial charge on any atom is -0.497 e. The van der Waals surface area contributed by atoms with Crippen molar-refractivity contribution in [3.63, 3.8) is 0 Å². The van der Waals surface area contributed by atoms with Crippen molar-refractivity contribution in [2.24, 2.45) is 5.92 Å². The highest BCUT2D eigenvalue weighted by atomic mass is 32.2. The summed E-state index contributed by atoms with van der Waals surface area (Å²) in [6.45, 7) is 7.22. The van der Waals surface area contributed by atoms with E-state index in [2.05, 4.69) is 10.6 Å². The van der Waals surface area contributed by atoms with E-state index in [1.165, 1.54) is 4.90 Å². The number of hydrogen-bond acceptors (Lipinski definition) is 10. The van der Waals surface area contributed by atoms with Crippen LogP contribution in [0.1, 0.15) is 53.4 Å². The highest BCUT2D eigenvalue weighted by Gasteiger charge is 2.62. The third-order valence-electron chi connectivity index (χ3n) is 9.49. The largest absolute Gasteiger partial charge is 0.497 e. The van der Waals surface area contributed by atoms with Gasteiger partial charge in [-0.25, -0.2) is 14.6 Å². The predicted molar refractivity (Wildman–Crippen MR) is 203 cm³/mol. The maximum absolute atomic E-state index is 14.5. The molecule has 2 aliphatic heterocycles. The Morgan fingerprint density at radius 2 is 1.91 bits per heavy atom. The van der Waals surface area contributed by atoms with Crippen molar-refractivity contribution in [2.75, 3.05) is 31.8 Å². The minimum absolute atomic E-state index is 0.0600. The van der Waals surface area contributed by atoms with Crippen molar-refractivity contribution in [3.05, 3.63) is 66.7 Å². The van der Waals surface area contributed by atoms with Gasteiger partial charge in [-0.3, -0.25) is 9.59 Å². The predicted octanol–water partition coefficient (Wildman–Crippen LogP) is 5.67. The molecule has 1 aromatic heterocycles. The fourth-order valence-corrected chi connectivity index (χ4v) is 7.81. The number of pyridine rings is 1. The standard InChI is InChI=1S/C40H48N4O8S/c1-6-50-37(47)40-22-26(40)15-11-8-12-18-53-24-32(42-38(48)52-39(2,3)4)36(46)44-23-28(20-33(44)35(45)43-40)51-34-21-30(25-13-9-7-10-14-25)41-31-19-27(49-5)16-17-29(31)34/h7,9-11,13-17,19,21,26,28,32-33H,6,8,12,18,20,22-24H2,1-5H3,(H,42,48)(H,43,45). The first kappa shape index (κ1) is 38.0. The Labute approximate surface area is 314 Å². The van der Waals surface area contributed by atoms with Crippen molar-refractivity contribution in [1.82, 2.24) is 20.5 Å². The van der Waals surface area contributed by atoms with Gasteiger partial charge in [-0.2, -0.15) is 11.8 Å². The van der Waals surface area contributed by atoms with E-state index in [1.807, 2.05) is 66.7 Å². The quantitative estimate of drug-likeness (QED) is 0.229. The van der Waals surface area contributed by atoms with Gasteiger partial charge in [-0.15, -0.1) is 0 Å². The normalized spacial score (nSPS) is 24.9. The number of esters is 1. The van der Waals surface area contributed by atoms with Crippen LogP contribution in [-0.4, -0.2) is 94.9 Å². The number of hydrogen-bond donors (Lipinski definition) is 2. The number of amides is 3. The molecule has 0 spiro atoms. The van der Waals surface area contributed by atoms with Crippen LogP contribution in [0.25, 0.3) is 22.2 Å². The zero-order valence-electron chi connectivity index (χ0n) is 30.9. The summed E-state index contributed by atoms with van der Waals surface area (Å²) in [5.74, 6) is 0.559. The first-order chi connectivity index (χ1) is 25.4. The molecule has 6 rings (SSSR count). The SMILES string of the molecule is CCOC(=O)C12CC1C=CCCCSCC(NC(=O)OC(C)(C)C)C(=O)N1CC(Oc3cc(-c4ccccc4)nc4cc(OC)ccc34)CC1C(=O)N2. The Hall–Kier alpha value is -4.78. The number of methoxy groups -OCH3 is 1. The number of nitrogens with one attached hydrogen (secondary N) is 2. The van der Waals surface area contributed by atoms with E-state index in [4.69, 9.17) is 23.9 Å². The van der Waals surface area contributed by atoms with Gasteiger partial charge >= 0.3 is 12.1 Å². The van der Waals surface area contributed by atoms with Crippen molar-refractivity contribution >= 4 is 46.5 Å². The minimum atomic E-state index is -1.22. The van der Waals surface area contributed by atoms with Crippen LogP contribution in [0.4, 0.5) is 4.79 Å². The average molecular weight is 745 g/mol. The molecule has 1 saturated heterocycles. The first-order valence-corrected chi connectivity index (χ1v) is 19.3. The number of nitrogens with zero attached hydrogens (tertiary/aromatic N) is 2. The molecule has 3 aromatic rings. The molecule has 0 radical (unpaired) electrons. The summed E-state index contributed by atoms with van der Waals surface area (Å²) >= 11 is 1.55. The van der Waals surface area contributed by atoms with Gasteiger partial charge < -0.3 is 34.5 Å². The fraction of sp³-hybridized carbons (Fsp3) is 0.475. The lowest BCUT2D eigenvalue weighted by Crippen LogP contribution is -2.57. The Morgan fingerprint density at radius 3 is 2.64 bits per heavy atom. The number of allylic oxidation sites excluding steroid dienone is 1. The maximum Gasteiger partial charge on any atom is 0.408 e. The third kappa shape index (κ3) is 8.89. The zero-order chi connectivity index (χ0) is 37.8. The summed E-state index contributed by atoms with van der Waals surface area (Å²) in [5, 5.41) is 6.51. The molecule has 3 amide bonds. The molecule has 2 aromatic carbocycles. The highest BCUT2D eigenvalue weighted by Crippen LogP contribution is 2.46. The monoisotopic (exact) mass is 744 g/mol. The van der Waals surface area contributed by atoms with Crippen LogP contribution in [0.5, 0.6) is 11.5 Å². The first-order valence-electron chi connectivity index (χ1n) is 18.1. The second-order valence-corrected chi connectivity index (χ2v) is 15.7. The third-order valence-corrected chi connectivity index (χ3v) is 10.6. The van der Waals surface area contributed by atoms with E-state index in [-0.39, 0.29) is 31.2 Å². The molecule has 2 fully saturated rings. The van der Waals surface area contributed by atoms with E-state index >= 15 is 0 Å². The van der Waals surface area contributed by atoms with Crippen LogP contribution < -0.4 is 20.1 Å². The number of carbonyl (C=O) groups excluding carboxylic acids is 4. The molecule has 2 N–H and O–H groups in total. The number of rotatable bonds is 7. The molecule has 5 unspecified atom stereocenters. The van der Waals surface area contributed by atoms with Crippen molar-refractivity contribution in [1.29, 1.82) is 0 Å². The number of aromatic nitrogens is 1. The fourth-order valence-electron chi connectivity index (χ4n) is 6.81. The summed E-state index contributed by atoms with van der Waals surface area (Å²) in [4.78, 5) is 61.5. The Balaban J connectivity index is 1.35. The molecule has 282 valence electrons. The van der Waals surface area contributed by atoms with Crippen molar-refractivity contribution in [2.45, 2.75) is 82.7 Å². The van der Waals surface area contributed by atoms with Crippen LogP contribution in [0.2, 0.25) is 0 Å². The summed E-state index contributed by atoms with van der Waals surface area (Å²) < 4.78 is 23.2. The van der Waals surface area contributed by atoms with E-state index in [0.29, 0.717) is 29.1 Å². The lowest BCUT2D eigenvalue weighted by Gasteiger charge is -2.30. The highest BCUT2D eigenvalue weighted by molar-refractivity contribution is 7.99. The lowest BCUT2D eigenvalue weighted by molar-refractivity contribution is -0.150. The molecule has 3 heterocycles.